The molecule has 3 heteroatoms. The molecular weight excluding hydrogens is 274 g/mol. The number of H-pyrrole nitrogens is 1. The Balaban J connectivity index is 1.99. The summed E-state index contributed by atoms with van der Waals surface area (Å²) in [6, 6.07) is 12.2. The Hall–Kier alpha value is -2.55. The van der Waals surface area contributed by atoms with Crippen LogP contribution < -0.4 is 0 Å². The summed E-state index contributed by atoms with van der Waals surface area (Å²) in [4.78, 5) is 14.0. The molecule has 0 aliphatic heterocycles. The van der Waals surface area contributed by atoms with Crippen molar-refractivity contribution in [1.82, 2.24) is 4.98 Å². The molecule has 3 nitrogen and oxygen atoms in total. The molecule has 3 aromatic rings. The summed E-state index contributed by atoms with van der Waals surface area (Å²) in [5.41, 5.74) is 7.52. The minimum atomic E-state index is -0.928. The van der Waals surface area contributed by atoms with Gasteiger partial charge in [-0.2, -0.15) is 0 Å². The Morgan fingerprint density at radius 2 is 1.73 bits per heavy atom. The molecule has 0 saturated heterocycles. The van der Waals surface area contributed by atoms with Crippen molar-refractivity contribution in [2.24, 2.45) is 0 Å². The van der Waals surface area contributed by atoms with Gasteiger partial charge in [0.15, 0.2) is 0 Å². The normalized spacial score (nSPS) is 11.0. The Bertz CT molecular complexity index is 851. The molecule has 2 aromatic carbocycles. The van der Waals surface area contributed by atoms with Crippen LogP contribution >= 0.6 is 0 Å². The second kappa shape index (κ2) is 5.34. The van der Waals surface area contributed by atoms with Crippen molar-refractivity contribution in [3.8, 4) is 0 Å². The van der Waals surface area contributed by atoms with Crippen molar-refractivity contribution in [1.29, 1.82) is 0 Å². The molecule has 0 saturated carbocycles. The molecule has 0 radical (unpaired) electrons. The SMILES string of the molecule is Cc1cc(C)c(Cc2ccc3[nH]c(C(=O)O)cc3c2)c(C)c1. The highest BCUT2D eigenvalue weighted by molar-refractivity contribution is 5.93. The van der Waals surface area contributed by atoms with Gasteiger partial charge in [-0.25, -0.2) is 4.79 Å². The van der Waals surface area contributed by atoms with Crippen molar-refractivity contribution in [3.05, 3.63) is 69.9 Å². The number of aryl methyl sites for hydroxylation is 3. The molecular formula is C19H19NO2. The zero-order valence-corrected chi connectivity index (χ0v) is 13.0. The van der Waals surface area contributed by atoms with E-state index in [0.717, 1.165) is 17.3 Å². The highest BCUT2D eigenvalue weighted by Gasteiger charge is 2.09. The van der Waals surface area contributed by atoms with Crippen LogP contribution in [0.3, 0.4) is 0 Å². The molecule has 1 aromatic heterocycles. The van der Waals surface area contributed by atoms with Crippen LogP contribution in [0.1, 0.15) is 38.3 Å². The number of fused-ring (bicyclic) bond motifs is 1. The van der Waals surface area contributed by atoms with Gasteiger partial charge in [-0.05, 0) is 67.6 Å². The molecule has 0 fully saturated rings. The van der Waals surface area contributed by atoms with Crippen molar-refractivity contribution in [2.75, 3.05) is 0 Å². The number of carboxylic acids is 1. The van der Waals surface area contributed by atoms with E-state index < -0.39 is 5.97 Å². The number of nitrogens with one attached hydrogen (secondary N) is 1. The Kier molecular flexibility index (Phi) is 3.49. The highest BCUT2D eigenvalue weighted by Crippen LogP contribution is 2.23. The van der Waals surface area contributed by atoms with Crippen molar-refractivity contribution in [2.45, 2.75) is 27.2 Å². The van der Waals surface area contributed by atoms with Crippen molar-refractivity contribution in [3.63, 3.8) is 0 Å². The zero-order chi connectivity index (χ0) is 15.9. The van der Waals surface area contributed by atoms with E-state index >= 15 is 0 Å². The molecule has 1 heterocycles. The third-order valence-electron chi connectivity index (χ3n) is 4.14. The molecule has 0 aliphatic carbocycles. The van der Waals surface area contributed by atoms with Crippen LogP contribution in [0.15, 0.2) is 36.4 Å². The average Bonchev–Trinajstić information content (AvgIpc) is 2.86. The first kappa shape index (κ1) is 14.4. The third kappa shape index (κ3) is 2.62. The van der Waals surface area contributed by atoms with E-state index in [0.29, 0.717) is 0 Å². The number of carboxylic acid groups (broad SMARTS) is 1. The fraction of sp³-hybridized carbons (Fsp3) is 0.211. The Labute approximate surface area is 129 Å². The third-order valence-corrected chi connectivity index (χ3v) is 4.14. The summed E-state index contributed by atoms with van der Waals surface area (Å²) >= 11 is 0. The predicted octanol–water partition coefficient (Wildman–Crippen LogP) is 4.38. The van der Waals surface area contributed by atoms with Gasteiger partial charge in [0.1, 0.15) is 5.69 Å². The molecule has 0 amide bonds. The minimum Gasteiger partial charge on any atom is -0.477 e. The summed E-state index contributed by atoms with van der Waals surface area (Å²) in [5.74, 6) is -0.928. The molecule has 22 heavy (non-hydrogen) atoms. The first-order chi connectivity index (χ1) is 10.4. The lowest BCUT2D eigenvalue weighted by atomic mass is 9.94. The van der Waals surface area contributed by atoms with Gasteiger partial charge in [0, 0.05) is 10.9 Å². The number of hydrogen-bond donors (Lipinski definition) is 2. The maximum absolute atomic E-state index is 11.0. The topological polar surface area (TPSA) is 53.1 Å². The molecule has 0 spiro atoms. The molecule has 0 unspecified atom stereocenters. The number of carbonyl (C=O) groups is 1. The monoisotopic (exact) mass is 293 g/mol. The fourth-order valence-corrected chi connectivity index (χ4v) is 3.10. The van der Waals surface area contributed by atoms with Crippen molar-refractivity contribution >= 4 is 16.9 Å². The lowest BCUT2D eigenvalue weighted by Gasteiger charge is -2.11. The zero-order valence-electron chi connectivity index (χ0n) is 13.0. The quantitative estimate of drug-likeness (QED) is 0.753. The van der Waals surface area contributed by atoms with E-state index in [4.69, 9.17) is 5.11 Å². The van der Waals surface area contributed by atoms with E-state index in [1.807, 2.05) is 6.07 Å². The van der Waals surface area contributed by atoms with Gasteiger partial charge >= 0.3 is 5.97 Å². The fourth-order valence-electron chi connectivity index (χ4n) is 3.10. The summed E-state index contributed by atoms with van der Waals surface area (Å²) < 4.78 is 0. The maximum atomic E-state index is 11.0. The summed E-state index contributed by atoms with van der Waals surface area (Å²) in [6.45, 7) is 6.41. The number of benzene rings is 2. The molecule has 0 atom stereocenters. The van der Waals surface area contributed by atoms with E-state index in [1.54, 1.807) is 6.07 Å². The van der Waals surface area contributed by atoms with Crippen LogP contribution in [0.4, 0.5) is 0 Å². The Morgan fingerprint density at radius 1 is 1.05 bits per heavy atom. The summed E-state index contributed by atoms with van der Waals surface area (Å²) in [7, 11) is 0. The van der Waals surface area contributed by atoms with Gasteiger partial charge in [0.25, 0.3) is 0 Å². The second-order valence-corrected chi connectivity index (χ2v) is 5.96. The van der Waals surface area contributed by atoms with Crippen molar-refractivity contribution < 1.29 is 9.90 Å². The number of hydrogen-bond acceptors (Lipinski definition) is 1. The first-order valence-electron chi connectivity index (χ1n) is 7.35. The molecule has 112 valence electrons. The highest BCUT2D eigenvalue weighted by atomic mass is 16.4. The lowest BCUT2D eigenvalue weighted by molar-refractivity contribution is 0.0691. The number of aromatic amines is 1. The van der Waals surface area contributed by atoms with Crippen LogP contribution in [0.25, 0.3) is 10.9 Å². The first-order valence-corrected chi connectivity index (χ1v) is 7.35. The van der Waals surface area contributed by atoms with Crippen LogP contribution in [-0.4, -0.2) is 16.1 Å². The second-order valence-electron chi connectivity index (χ2n) is 5.96. The van der Waals surface area contributed by atoms with E-state index in [1.165, 1.54) is 27.8 Å². The Morgan fingerprint density at radius 3 is 2.36 bits per heavy atom. The predicted molar refractivity (Wildman–Crippen MR) is 88.7 cm³/mol. The van der Waals surface area contributed by atoms with Gasteiger partial charge in [-0.3, -0.25) is 0 Å². The standard InChI is InChI=1S/C19H19NO2/c1-11-6-12(2)16(13(3)7-11)9-14-4-5-17-15(8-14)10-18(20-17)19(21)22/h4-8,10,20H,9H2,1-3H3,(H,21,22). The minimum absolute atomic E-state index is 0.231. The smallest absolute Gasteiger partial charge is 0.352 e. The van der Waals surface area contributed by atoms with Crippen LogP contribution in [0.5, 0.6) is 0 Å². The molecule has 2 N–H and O–H groups in total. The summed E-state index contributed by atoms with van der Waals surface area (Å²) in [5, 5.41) is 10.00. The van der Waals surface area contributed by atoms with Crippen LogP contribution in [-0.2, 0) is 6.42 Å². The summed E-state index contributed by atoms with van der Waals surface area (Å²) in [6.07, 6.45) is 0.863. The van der Waals surface area contributed by atoms with Gasteiger partial charge in [0.2, 0.25) is 0 Å². The van der Waals surface area contributed by atoms with E-state index in [9.17, 15) is 4.79 Å². The lowest BCUT2D eigenvalue weighted by Crippen LogP contribution is -1.96. The number of rotatable bonds is 3. The van der Waals surface area contributed by atoms with Gasteiger partial charge in [-0.1, -0.05) is 23.8 Å². The molecule has 0 aliphatic rings. The molecule has 3 rings (SSSR count). The molecule has 0 bridgehead atoms. The van der Waals surface area contributed by atoms with Crippen LogP contribution in [0, 0.1) is 20.8 Å². The largest absolute Gasteiger partial charge is 0.477 e. The maximum Gasteiger partial charge on any atom is 0.352 e. The van der Waals surface area contributed by atoms with Crippen LogP contribution in [0.2, 0.25) is 0 Å². The van der Waals surface area contributed by atoms with E-state index in [2.05, 4.69) is 50.0 Å². The number of aromatic carboxylic acids is 1. The average molecular weight is 293 g/mol. The van der Waals surface area contributed by atoms with Gasteiger partial charge in [-0.15, -0.1) is 0 Å². The van der Waals surface area contributed by atoms with Gasteiger partial charge in [0.05, 0.1) is 0 Å². The number of aromatic nitrogens is 1. The van der Waals surface area contributed by atoms with Gasteiger partial charge < -0.3 is 10.1 Å². The van der Waals surface area contributed by atoms with E-state index in [-0.39, 0.29) is 5.69 Å².